The smallest absolute Gasteiger partial charge is 0.251 e. The summed E-state index contributed by atoms with van der Waals surface area (Å²) in [5.41, 5.74) is 2.59. The van der Waals surface area contributed by atoms with E-state index in [1.807, 2.05) is 18.2 Å². The van der Waals surface area contributed by atoms with Gasteiger partial charge in [-0.1, -0.05) is 23.7 Å². The number of nitrogens with zero attached hydrogens (tertiary/aromatic N) is 1. The van der Waals surface area contributed by atoms with Crippen molar-refractivity contribution in [2.24, 2.45) is 0 Å². The van der Waals surface area contributed by atoms with Gasteiger partial charge in [-0.25, -0.2) is 4.98 Å². The van der Waals surface area contributed by atoms with Crippen molar-refractivity contribution in [3.05, 3.63) is 57.3 Å². The normalized spacial score (nSPS) is 10.2. The largest absolute Gasteiger partial charge is 0.380 e. The molecule has 0 fully saturated rings. The molecule has 0 saturated heterocycles. The van der Waals surface area contributed by atoms with Crippen LogP contribution in [0.4, 0.5) is 5.69 Å². The van der Waals surface area contributed by atoms with E-state index in [2.05, 4.69) is 31.5 Å². The highest BCUT2D eigenvalue weighted by Gasteiger charge is 2.03. The van der Waals surface area contributed by atoms with Gasteiger partial charge in [-0.2, -0.15) is 0 Å². The Bertz CT molecular complexity index is 616. The topological polar surface area (TPSA) is 54.0 Å². The quantitative estimate of drug-likeness (QED) is 0.827. The molecule has 1 aromatic carbocycles. The number of carbonyl (C=O) groups is 1. The van der Waals surface area contributed by atoms with Gasteiger partial charge < -0.3 is 10.6 Å². The maximum Gasteiger partial charge on any atom is 0.251 e. The van der Waals surface area contributed by atoms with Crippen molar-refractivity contribution in [1.82, 2.24) is 10.3 Å². The minimum absolute atomic E-state index is 0.0876. The summed E-state index contributed by atoms with van der Waals surface area (Å²) in [6.45, 7) is 0.643. The fourth-order valence-electron chi connectivity index (χ4n) is 1.64. The monoisotopic (exact) mass is 353 g/mol. The van der Waals surface area contributed by atoms with Crippen molar-refractivity contribution in [2.75, 3.05) is 12.4 Å². The summed E-state index contributed by atoms with van der Waals surface area (Å²) >= 11 is 9.16. The number of nitrogens with one attached hydrogen (secondary N) is 2. The molecule has 0 bridgehead atoms. The Morgan fingerprint density at radius 3 is 2.65 bits per heavy atom. The van der Waals surface area contributed by atoms with Gasteiger partial charge in [-0.05, 0) is 39.7 Å². The third-order valence-electron chi connectivity index (χ3n) is 2.74. The first-order chi connectivity index (χ1) is 9.60. The van der Waals surface area contributed by atoms with Gasteiger partial charge in [-0.15, -0.1) is 0 Å². The molecule has 104 valence electrons. The molecule has 2 N–H and O–H groups in total. The lowest BCUT2D eigenvalue weighted by molar-refractivity contribution is 0.0963. The average Bonchev–Trinajstić information content (AvgIpc) is 2.48. The van der Waals surface area contributed by atoms with Crippen LogP contribution in [0.15, 0.2) is 41.0 Å². The molecule has 20 heavy (non-hydrogen) atoms. The number of hydrogen-bond donors (Lipinski definition) is 2. The van der Waals surface area contributed by atoms with Crippen LogP contribution in [0.5, 0.6) is 0 Å². The first-order valence-electron chi connectivity index (χ1n) is 5.96. The van der Waals surface area contributed by atoms with Crippen molar-refractivity contribution in [2.45, 2.75) is 6.54 Å². The van der Waals surface area contributed by atoms with Gasteiger partial charge in [0, 0.05) is 19.2 Å². The number of rotatable bonds is 4. The van der Waals surface area contributed by atoms with Gasteiger partial charge in [0.05, 0.1) is 16.4 Å². The fraction of sp³-hybridized carbons (Fsp3) is 0.143. The molecule has 0 radical (unpaired) electrons. The second-order valence-corrected chi connectivity index (χ2v) is 5.34. The van der Waals surface area contributed by atoms with Gasteiger partial charge >= 0.3 is 0 Å². The molecule has 0 unspecified atom stereocenters. The number of hydrogen-bond acceptors (Lipinski definition) is 3. The Labute approximate surface area is 130 Å². The molecule has 0 saturated carbocycles. The highest BCUT2D eigenvalue weighted by atomic mass is 79.9. The second-order valence-electron chi connectivity index (χ2n) is 4.13. The Kier molecular flexibility index (Phi) is 4.98. The summed E-state index contributed by atoms with van der Waals surface area (Å²) in [7, 11) is 1.61. The van der Waals surface area contributed by atoms with Gasteiger partial charge in [0.25, 0.3) is 5.91 Å². The van der Waals surface area contributed by atoms with Crippen molar-refractivity contribution in [3.63, 3.8) is 0 Å². The molecule has 1 amide bonds. The van der Waals surface area contributed by atoms with Crippen LogP contribution in [0.3, 0.4) is 0 Å². The fourth-order valence-corrected chi connectivity index (χ4v) is 2.09. The summed E-state index contributed by atoms with van der Waals surface area (Å²) in [5, 5.41) is 6.27. The van der Waals surface area contributed by atoms with Crippen LogP contribution in [0, 0.1) is 0 Å². The van der Waals surface area contributed by atoms with Crippen LogP contribution < -0.4 is 10.6 Å². The maximum absolute atomic E-state index is 11.4. The predicted octanol–water partition coefficient (Wildman–Crippen LogP) is 3.47. The zero-order valence-corrected chi connectivity index (χ0v) is 13.1. The summed E-state index contributed by atoms with van der Waals surface area (Å²) in [5.74, 6) is -0.0876. The van der Waals surface area contributed by atoms with Crippen LogP contribution in [-0.4, -0.2) is 17.9 Å². The van der Waals surface area contributed by atoms with Gasteiger partial charge in [-0.3, -0.25) is 4.79 Å². The number of anilines is 1. The lowest BCUT2D eigenvalue weighted by Gasteiger charge is -2.08. The third kappa shape index (κ3) is 3.71. The Morgan fingerprint density at radius 2 is 2.05 bits per heavy atom. The van der Waals surface area contributed by atoms with E-state index in [-0.39, 0.29) is 5.91 Å². The van der Waals surface area contributed by atoms with Crippen LogP contribution in [-0.2, 0) is 6.54 Å². The van der Waals surface area contributed by atoms with E-state index in [1.165, 1.54) is 0 Å². The molecule has 2 rings (SSSR count). The first-order valence-corrected chi connectivity index (χ1v) is 7.13. The van der Waals surface area contributed by atoms with E-state index >= 15 is 0 Å². The lowest BCUT2D eigenvalue weighted by atomic mass is 10.1. The molecule has 1 aromatic heterocycles. The third-order valence-corrected chi connectivity index (χ3v) is 3.87. The van der Waals surface area contributed by atoms with Crippen LogP contribution in [0.1, 0.15) is 15.9 Å². The van der Waals surface area contributed by atoms with Crippen molar-refractivity contribution < 1.29 is 4.79 Å². The zero-order valence-electron chi connectivity index (χ0n) is 10.8. The summed E-state index contributed by atoms with van der Waals surface area (Å²) < 4.78 is 0.749. The van der Waals surface area contributed by atoms with E-state index in [0.29, 0.717) is 17.3 Å². The first kappa shape index (κ1) is 14.8. The van der Waals surface area contributed by atoms with E-state index in [4.69, 9.17) is 11.6 Å². The molecule has 0 spiro atoms. The van der Waals surface area contributed by atoms with Crippen molar-refractivity contribution >= 4 is 39.1 Å². The van der Waals surface area contributed by atoms with E-state index < -0.39 is 0 Å². The average molecular weight is 355 g/mol. The highest BCUT2D eigenvalue weighted by molar-refractivity contribution is 9.10. The van der Waals surface area contributed by atoms with E-state index in [1.54, 1.807) is 25.4 Å². The van der Waals surface area contributed by atoms with Gasteiger partial charge in [0.2, 0.25) is 0 Å². The van der Waals surface area contributed by atoms with Crippen molar-refractivity contribution in [3.8, 4) is 0 Å². The maximum atomic E-state index is 11.4. The molecule has 0 atom stereocenters. The number of halogens is 2. The Balaban J connectivity index is 2.00. The summed E-state index contributed by atoms with van der Waals surface area (Å²) in [4.78, 5) is 15.5. The number of amides is 1. The number of pyridine rings is 1. The standard InChI is InChI=1S/C14H13BrClN3O/c1-17-14(20)10-4-2-9(3-5-10)7-18-11-6-12(15)13(16)19-8-11/h2-6,8,18H,7H2,1H3,(H,17,20). The molecule has 4 nitrogen and oxygen atoms in total. The van der Waals surface area contributed by atoms with Gasteiger partial charge in [0.15, 0.2) is 0 Å². The van der Waals surface area contributed by atoms with Crippen LogP contribution >= 0.6 is 27.5 Å². The molecule has 0 aliphatic rings. The molecule has 0 aliphatic heterocycles. The van der Waals surface area contributed by atoms with E-state index in [9.17, 15) is 4.79 Å². The second kappa shape index (κ2) is 6.72. The van der Waals surface area contributed by atoms with Crippen molar-refractivity contribution in [1.29, 1.82) is 0 Å². The van der Waals surface area contributed by atoms with Crippen LogP contribution in [0.25, 0.3) is 0 Å². The number of aromatic nitrogens is 1. The Hall–Kier alpha value is -1.59. The molecule has 1 heterocycles. The number of carbonyl (C=O) groups excluding carboxylic acids is 1. The zero-order chi connectivity index (χ0) is 14.5. The van der Waals surface area contributed by atoms with Gasteiger partial charge in [0.1, 0.15) is 5.15 Å². The molecular weight excluding hydrogens is 342 g/mol. The summed E-state index contributed by atoms with van der Waals surface area (Å²) in [6, 6.07) is 9.29. The minimum atomic E-state index is -0.0876. The molecule has 0 aliphatic carbocycles. The minimum Gasteiger partial charge on any atom is -0.380 e. The molecular formula is C14H13BrClN3O. The van der Waals surface area contributed by atoms with E-state index in [0.717, 1.165) is 15.7 Å². The predicted molar refractivity (Wildman–Crippen MR) is 84.1 cm³/mol. The molecule has 2 aromatic rings. The SMILES string of the molecule is CNC(=O)c1ccc(CNc2cnc(Cl)c(Br)c2)cc1. The van der Waals surface area contributed by atoms with Crippen LogP contribution in [0.2, 0.25) is 5.15 Å². The summed E-state index contributed by atoms with van der Waals surface area (Å²) in [6.07, 6.45) is 1.67. The molecule has 6 heteroatoms. The number of benzene rings is 1. The Morgan fingerprint density at radius 1 is 1.35 bits per heavy atom. The highest BCUT2D eigenvalue weighted by Crippen LogP contribution is 2.23. The lowest BCUT2D eigenvalue weighted by Crippen LogP contribution is -2.17.